The summed E-state index contributed by atoms with van der Waals surface area (Å²) < 4.78 is 45.8. The van der Waals surface area contributed by atoms with Gasteiger partial charge in [0.2, 0.25) is 0 Å². The molecule has 0 saturated carbocycles. The number of H-pyrrole nitrogens is 2. The van der Waals surface area contributed by atoms with Crippen LogP contribution in [0.2, 0.25) is 0 Å². The molecule has 3 fully saturated rings. The van der Waals surface area contributed by atoms with Crippen molar-refractivity contribution in [1.82, 2.24) is 24.0 Å². The molecule has 0 aromatic carbocycles. The van der Waals surface area contributed by atoms with Crippen molar-refractivity contribution in [3.63, 3.8) is 0 Å². The summed E-state index contributed by atoms with van der Waals surface area (Å²) in [6.07, 6.45) is -3.03. The molecule has 0 bridgehead atoms. The van der Waals surface area contributed by atoms with Gasteiger partial charge in [0.05, 0.1) is 32.5 Å². The van der Waals surface area contributed by atoms with Crippen LogP contribution >= 0.6 is 39.8 Å². The molecule has 3 saturated heterocycles. The fraction of sp³-hybridized carbons (Fsp3) is 0.714. The number of aryl methyl sites for hydroxylation is 2. The van der Waals surface area contributed by atoms with Crippen LogP contribution in [0.15, 0.2) is 31.6 Å². The lowest BCUT2D eigenvalue weighted by Gasteiger charge is -2.26. The summed E-state index contributed by atoms with van der Waals surface area (Å²) in [5.41, 5.74) is -1.88. The molecule has 3 aliphatic rings. The fourth-order valence-corrected chi connectivity index (χ4v) is 11.7. The van der Waals surface area contributed by atoms with E-state index in [1.54, 1.807) is 21.6 Å². The van der Waals surface area contributed by atoms with E-state index in [-0.39, 0.29) is 25.0 Å². The van der Waals surface area contributed by atoms with Crippen LogP contribution in [0.3, 0.4) is 0 Å². The van der Waals surface area contributed by atoms with E-state index in [4.69, 9.17) is 23.3 Å². The van der Waals surface area contributed by atoms with Crippen LogP contribution < -0.4 is 22.5 Å². The number of ether oxygens (including phenoxy) is 3. The van der Waals surface area contributed by atoms with Crippen molar-refractivity contribution in [3.8, 4) is 0 Å². The van der Waals surface area contributed by atoms with Crippen molar-refractivity contribution in [2.45, 2.75) is 63.6 Å². The molecule has 0 amide bonds. The van der Waals surface area contributed by atoms with Gasteiger partial charge in [-0.05, 0) is 25.2 Å². The van der Waals surface area contributed by atoms with E-state index in [0.717, 1.165) is 50.0 Å². The van der Waals surface area contributed by atoms with E-state index in [1.165, 1.54) is 35.4 Å². The minimum atomic E-state index is -4.01. The highest BCUT2D eigenvalue weighted by Gasteiger charge is 2.44. The number of hydrogen-bond acceptors (Lipinski definition) is 16. The summed E-state index contributed by atoms with van der Waals surface area (Å²) >= 11 is 0.966. The zero-order valence-corrected chi connectivity index (χ0v) is 30.4. The second-order valence-corrected chi connectivity index (χ2v) is 18.6. The van der Waals surface area contributed by atoms with Gasteiger partial charge in [-0.25, -0.2) is 14.2 Å². The maximum absolute atomic E-state index is 14.3. The van der Waals surface area contributed by atoms with Crippen molar-refractivity contribution >= 4 is 39.8 Å². The predicted molar refractivity (Wildman–Crippen MR) is 185 cm³/mol. The third-order valence-electron chi connectivity index (χ3n) is 8.23. The van der Waals surface area contributed by atoms with E-state index < -0.39 is 72.8 Å². The molecule has 0 aliphatic carbocycles. The topological polar surface area (TPSA) is 217 Å². The number of nitrogens with one attached hydrogen (secondary N) is 2. The Morgan fingerprint density at radius 3 is 2.12 bits per heavy atom. The molecular weight excluding hydrogens is 726 g/mol. The van der Waals surface area contributed by atoms with Crippen LogP contribution in [0.25, 0.3) is 0 Å². The molecule has 17 nitrogen and oxygen atoms in total. The molecule has 3 unspecified atom stereocenters. The molecule has 5 heterocycles. The molecule has 7 atom stereocenters. The van der Waals surface area contributed by atoms with Gasteiger partial charge in [0.15, 0.2) is 0 Å². The van der Waals surface area contributed by atoms with Crippen LogP contribution in [-0.2, 0) is 27.8 Å². The van der Waals surface area contributed by atoms with Gasteiger partial charge in [0.25, 0.3) is 11.1 Å². The van der Waals surface area contributed by atoms with Gasteiger partial charge in [0.1, 0.15) is 30.8 Å². The molecule has 274 valence electrons. The van der Waals surface area contributed by atoms with Crippen molar-refractivity contribution in [2.75, 3.05) is 63.3 Å². The van der Waals surface area contributed by atoms with E-state index in [2.05, 4.69) is 14.9 Å². The molecular formula is C28H42N5O12PS3. The first-order chi connectivity index (χ1) is 23.5. The average Bonchev–Trinajstić information content (AvgIpc) is 3.65. The van der Waals surface area contributed by atoms with Gasteiger partial charge in [0, 0.05) is 73.3 Å². The largest absolute Gasteiger partial charge is 0.394 e. The van der Waals surface area contributed by atoms with E-state index in [1.807, 2.05) is 0 Å². The average molecular weight is 768 g/mol. The SMILES string of the molecule is Cc1cn([C@H]2C[C@@H](O)C(COP(=O)(O[C@@H]3C[C@H](n4cc(C)c(=O)[nH]c4=O)OC3CO)SCCSSCCN3CCOCC3)O2)c(=O)[nH]c1=O. The van der Waals surface area contributed by atoms with Crippen LogP contribution in [0.1, 0.15) is 36.4 Å². The van der Waals surface area contributed by atoms with Crippen molar-refractivity contribution in [2.24, 2.45) is 0 Å². The van der Waals surface area contributed by atoms with Gasteiger partial charge < -0.3 is 24.4 Å². The number of aromatic amines is 2. The van der Waals surface area contributed by atoms with Crippen LogP contribution in [0, 0.1) is 13.8 Å². The summed E-state index contributed by atoms with van der Waals surface area (Å²) in [6, 6.07) is 0. The van der Waals surface area contributed by atoms with Crippen molar-refractivity contribution in [1.29, 1.82) is 0 Å². The molecule has 49 heavy (non-hydrogen) atoms. The molecule has 2 aromatic heterocycles. The molecule has 3 aliphatic heterocycles. The third-order valence-corrected chi connectivity index (χ3v) is 14.6. The van der Waals surface area contributed by atoms with Gasteiger partial charge in [-0.15, -0.1) is 0 Å². The number of rotatable bonds is 16. The fourth-order valence-electron chi connectivity index (χ4n) is 5.50. The third kappa shape index (κ3) is 10.2. The van der Waals surface area contributed by atoms with E-state index in [9.17, 15) is 34.0 Å². The van der Waals surface area contributed by atoms with E-state index >= 15 is 0 Å². The number of aliphatic hydroxyl groups is 2. The molecule has 0 radical (unpaired) electrons. The summed E-state index contributed by atoms with van der Waals surface area (Å²) in [4.78, 5) is 55.4. The summed E-state index contributed by atoms with van der Waals surface area (Å²) in [5, 5.41) is 20.8. The lowest BCUT2D eigenvalue weighted by atomic mass is 10.2. The number of morpholine rings is 1. The van der Waals surface area contributed by atoms with Crippen LogP contribution in [-0.4, -0.2) is 122 Å². The van der Waals surface area contributed by atoms with Gasteiger partial charge in [-0.3, -0.25) is 42.6 Å². The van der Waals surface area contributed by atoms with Gasteiger partial charge >= 0.3 is 18.2 Å². The molecule has 21 heteroatoms. The van der Waals surface area contributed by atoms with Gasteiger partial charge in [-0.1, -0.05) is 21.6 Å². The Balaban J connectivity index is 1.23. The normalized spacial score (nSPS) is 27.4. The lowest BCUT2D eigenvalue weighted by Crippen LogP contribution is -2.37. The zero-order valence-electron chi connectivity index (χ0n) is 27.1. The monoisotopic (exact) mass is 767 g/mol. The number of hydrogen-bond donors (Lipinski definition) is 4. The standard InChI is InChI=1S/C28H42N5O12PS3/c1-17-13-32(27(38)29-25(17)36)23-11-19(35)22(44-23)16-42-46(40,47-9-10-49-48-8-5-31-3-6-41-7-4-31)45-20-12-24(43-21(20)15-34)33-14-18(2)26(37)30-28(33)39/h13-14,19-24,34-35H,3-12,15-16H2,1-2H3,(H,29,36,38)(H,30,37,39)/t19-,20-,21?,22?,23-,24-,46?/m1/s1. The molecule has 2 aromatic rings. The quantitative estimate of drug-likeness (QED) is 0.104. The minimum absolute atomic E-state index is 0.0219. The summed E-state index contributed by atoms with van der Waals surface area (Å²) in [6.45, 7) is 2.47. The Morgan fingerprint density at radius 2 is 1.49 bits per heavy atom. The zero-order chi connectivity index (χ0) is 35.1. The Morgan fingerprint density at radius 1 is 0.898 bits per heavy atom. The Kier molecular flexibility index (Phi) is 13.9. The van der Waals surface area contributed by atoms with Gasteiger partial charge in [-0.2, -0.15) is 0 Å². The highest BCUT2D eigenvalue weighted by atomic mass is 33.1. The second-order valence-electron chi connectivity index (χ2n) is 11.8. The Bertz CT molecular complexity index is 1700. The number of aliphatic hydroxyl groups excluding tert-OH is 2. The highest BCUT2D eigenvalue weighted by molar-refractivity contribution is 8.76. The van der Waals surface area contributed by atoms with Crippen LogP contribution in [0.5, 0.6) is 0 Å². The highest BCUT2D eigenvalue weighted by Crippen LogP contribution is 2.63. The second kappa shape index (κ2) is 17.7. The first-order valence-electron chi connectivity index (χ1n) is 15.8. The Hall–Kier alpha value is -1.68. The maximum Gasteiger partial charge on any atom is 0.389 e. The maximum atomic E-state index is 14.3. The van der Waals surface area contributed by atoms with Crippen LogP contribution in [0.4, 0.5) is 0 Å². The lowest BCUT2D eigenvalue weighted by molar-refractivity contribution is -0.0510. The number of nitrogens with zero attached hydrogens (tertiary/aromatic N) is 3. The van der Waals surface area contributed by atoms with E-state index in [0.29, 0.717) is 17.1 Å². The van der Waals surface area contributed by atoms with Crippen molar-refractivity contribution < 1.29 is 38.0 Å². The first kappa shape index (κ1) is 38.5. The summed E-state index contributed by atoms with van der Waals surface area (Å²) in [5.74, 6) is 1.92. The molecule has 0 spiro atoms. The predicted octanol–water partition coefficient (Wildman–Crippen LogP) is 0.589. The Labute approximate surface area is 293 Å². The van der Waals surface area contributed by atoms with Crippen molar-refractivity contribution in [3.05, 3.63) is 65.2 Å². The molecule has 4 N–H and O–H groups in total. The molecule has 5 rings (SSSR count). The number of aromatic nitrogens is 4. The summed E-state index contributed by atoms with van der Waals surface area (Å²) in [7, 11) is 3.34. The first-order valence-corrected chi connectivity index (χ1v) is 21.4. The smallest absolute Gasteiger partial charge is 0.389 e. The minimum Gasteiger partial charge on any atom is -0.394 e.